The number of ether oxygens (including phenoxy) is 1. The Balaban J connectivity index is 1.43. The van der Waals surface area contributed by atoms with Crippen LogP contribution in [0.2, 0.25) is 0 Å². The smallest absolute Gasteiger partial charge is 0.243 e. The Morgan fingerprint density at radius 3 is 2.75 bits per heavy atom. The van der Waals surface area contributed by atoms with Crippen molar-refractivity contribution in [1.82, 2.24) is 15.8 Å². The zero-order valence-corrected chi connectivity index (χ0v) is 14.3. The highest BCUT2D eigenvalue weighted by molar-refractivity contribution is 6.05. The Kier molecular flexibility index (Phi) is 3.66. The Morgan fingerprint density at radius 2 is 2.08 bits per heavy atom. The number of nitrogens with one attached hydrogen (secondary N) is 2. The first kappa shape index (κ1) is 15.4. The predicted octanol–water partition coefficient (Wildman–Crippen LogP) is 2.40. The minimum atomic E-state index is -0.164. The predicted molar refractivity (Wildman–Crippen MR) is 94.6 cm³/mol. The summed E-state index contributed by atoms with van der Waals surface area (Å²) >= 11 is 0. The van der Waals surface area contributed by atoms with E-state index in [0.29, 0.717) is 0 Å². The van der Waals surface area contributed by atoms with Gasteiger partial charge < -0.3 is 4.74 Å². The van der Waals surface area contributed by atoms with Gasteiger partial charge in [-0.3, -0.25) is 5.32 Å². The second-order valence-corrected chi connectivity index (χ2v) is 6.87. The molecule has 1 saturated carbocycles. The summed E-state index contributed by atoms with van der Waals surface area (Å²) < 4.78 is 5.19. The molecule has 3 aliphatic rings. The molecule has 0 spiro atoms. The van der Waals surface area contributed by atoms with Gasteiger partial charge in [-0.25, -0.2) is 15.0 Å². The van der Waals surface area contributed by atoms with Gasteiger partial charge in [-0.15, -0.1) is 0 Å². The molecule has 2 aliphatic heterocycles. The van der Waals surface area contributed by atoms with E-state index in [-0.39, 0.29) is 11.7 Å². The molecule has 1 atom stereocenters. The Morgan fingerprint density at radius 1 is 1.33 bits per heavy atom. The highest BCUT2D eigenvalue weighted by Gasteiger charge is 2.47. The Bertz CT molecular complexity index is 730. The maximum atomic E-state index is 5.19. The summed E-state index contributed by atoms with van der Waals surface area (Å²) in [6.07, 6.45) is 4.45. The molecule has 1 aliphatic carbocycles. The molecule has 1 aromatic rings. The summed E-state index contributed by atoms with van der Waals surface area (Å²) in [5.41, 5.74) is 7.17. The number of aliphatic imine (C=N–C) groups is 2. The maximum Gasteiger partial charge on any atom is 0.243 e. The summed E-state index contributed by atoms with van der Waals surface area (Å²) in [4.78, 5) is 9.23. The van der Waals surface area contributed by atoms with Crippen LogP contribution in [-0.4, -0.2) is 30.1 Å². The molecule has 0 aromatic heterocycles. The fraction of sp³-hybridized carbons (Fsp3) is 0.444. The van der Waals surface area contributed by atoms with Gasteiger partial charge in [0.05, 0.1) is 7.11 Å². The van der Waals surface area contributed by atoms with Gasteiger partial charge in [-0.2, -0.15) is 5.43 Å². The summed E-state index contributed by atoms with van der Waals surface area (Å²) in [6, 6.07) is 8.05. The fourth-order valence-electron chi connectivity index (χ4n) is 3.03. The summed E-state index contributed by atoms with van der Waals surface area (Å²) in [5, 5.41) is 5.47. The number of hydrogen-bond acceptors (Lipinski definition) is 6. The van der Waals surface area contributed by atoms with E-state index < -0.39 is 0 Å². The number of methoxy groups -OCH3 is 1. The molecule has 1 fully saturated rings. The van der Waals surface area contributed by atoms with Crippen LogP contribution in [0.4, 0.5) is 0 Å². The van der Waals surface area contributed by atoms with Crippen molar-refractivity contribution in [1.29, 1.82) is 0 Å². The molecule has 6 heteroatoms. The monoisotopic (exact) mass is 325 g/mol. The first-order valence-corrected chi connectivity index (χ1v) is 8.35. The van der Waals surface area contributed by atoms with E-state index in [1.165, 1.54) is 24.1 Å². The van der Waals surface area contributed by atoms with Crippen LogP contribution in [0, 0.1) is 5.41 Å². The largest absolute Gasteiger partial charge is 0.497 e. The summed E-state index contributed by atoms with van der Waals surface area (Å²) in [6.45, 7) is 5.06. The number of hydrazine groups is 1. The minimum absolute atomic E-state index is 0.164. The van der Waals surface area contributed by atoms with Gasteiger partial charge in [0.15, 0.2) is 6.29 Å². The first-order valence-electron chi connectivity index (χ1n) is 8.35. The van der Waals surface area contributed by atoms with Gasteiger partial charge in [-0.1, -0.05) is 19.1 Å². The zero-order valence-electron chi connectivity index (χ0n) is 14.3. The van der Waals surface area contributed by atoms with Crippen LogP contribution < -0.4 is 15.5 Å². The molecule has 4 rings (SSSR count). The quantitative estimate of drug-likeness (QED) is 0.873. The minimum Gasteiger partial charge on any atom is -0.497 e. The molecule has 0 saturated heterocycles. The number of hydrogen-bond donors (Lipinski definition) is 2. The first-order chi connectivity index (χ1) is 11.6. The van der Waals surface area contributed by atoms with Crippen molar-refractivity contribution in [2.75, 3.05) is 7.11 Å². The molecule has 2 N–H and O–H groups in total. The molecule has 1 unspecified atom stereocenters. The molecule has 0 bridgehead atoms. The van der Waals surface area contributed by atoms with Gasteiger partial charge in [-0.05, 0) is 43.5 Å². The van der Waals surface area contributed by atoms with E-state index in [2.05, 4.69) is 45.9 Å². The number of benzene rings is 1. The molecule has 126 valence electrons. The molecule has 1 aromatic carbocycles. The normalized spacial score (nSPS) is 24.0. The number of guanidine groups is 1. The summed E-state index contributed by atoms with van der Waals surface area (Å²) in [7, 11) is 1.68. The maximum absolute atomic E-state index is 5.19. The molecular formula is C18H23N5O. The van der Waals surface area contributed by atoms with Crippen molar-refractivity contribution in [2.24, 2.45) is 15.4 Å². The van der Waals surface area contributed by atoms with Gasteiger partial charge in [0.2, 0.25) is 5.96 Å². The highest BCUT2D eigenvalue weighted by Crippen LogP contribution is 2.53. The third-order valence-electron chi connectivity index (χ3n) is 4.84. The lowest BCUT2D eigenvalue weighted by Crippen LogP contribution is -2.47. The van der Waals surface area contributed by atoms with Gasteiger partial charge in [0.1, 0.15) is 5.75 Å². The Labute approximate surface area is 142 Å². The standard InChI is InChI=1S/C18H23N5O/c1-12-10-15(18(2)8-9-18)23-17(20-12)21-16(22-23)19-11-13-4-6-14(24-3)7-5-13/h4-7,10,16,19,22H,8-9,11H2,1-3H3. The van der Waals surface area contributed by atoms with Gasteiger partial charge in [0.25, 0.3) is 0 Å². The number of rotatable bonds is 5. The van der Waals surface area contributed by atoms with Gasteiger partial charge >= 0.3 is 0 Å². The molecule has 0 amide bonds. The van der Waals surface area contributed by atoms with E-state index in [9.17, 15) is 0 Å². The number of fused-ring (bicyclic) bond motifs is 1. The van der Waals surface area contributed by atoms with E-state index in [0.717, 1.165) is 24.0 Å². The molecular weight excluding hydrogens is 302 g/mol. The zero-order chi connectivity index (χ0) is 16.7. The average Bonchev–Trinajstić information content (AvgIpc) is 3.20. The van der Waals surface area contributed by atoms with E-state index in [1.54, 1.807) is 7.11 Å². The third-order valence-corrected chi connectivity index (χ3v) is 4.84. The van der Waals surface area contributed by atoms with Crippen LogP contribution in [0.15, 0.2) is 46.0 Å². The van der Waals surface area contributed by atoms with E-state index in [4.69, 9.17) is 4.74 Å². The highest BCUT2D eigenvalue weighted by atomic mass is 16.5. The van der Waals surface area contributed by atoms with Crippen LogP contribution in [0.3, 0.4) is 0 Å². The fourth-order valence-corrected chi connectivity index (χ4v) is 3.03. The SMILES string of the molecule is COc1ccc(CNC2N=C3N=C(C)C=C(C4(C)CC4)N3N2)cc1. The van der Waals surface area contributed by atoms with Crippen molar-refractivity contribution >= 4 is 11.7 Å². The van der Waals surface area contributed by atoms with Crippen molar-refractivity contribution in [3.63, 3.8) is 0 Å². The van der Waals surface area contributed by atoms with Crippen molar-refractivity contribution in [2.45, 2.75) is 39.5 Å². The van der Waals surface area contributed by atoms with Crippen LogP contribution in [0.1, 0.15) is 32.3 Å². The van der Waals surface area contributed by atoms with Crippen LogP contribution >= 0.6 is 0 Å². The van der Waals surface area contributed by atoms with Crippen molar-refractivity contribution < 1.29 is 4.74 Å². The topological polar surface area (TPSA) is 61.2 Å². The second kappa shape index (κ2) is 5.72. The molecule has 24 heavy (non-hydrogen) atoms. The van der Waals surface area contributed by atoms with E-state index in [1.807, 2.05) is 24.1 Å². The van der Waals surface area contributed by atoms with Crippen LogP contribution in [0.25, 0.3) is 0 Å². The third kappa shape index (κ3) is 2.83. The summed E-state index contributed by atoms with van der Waals surface area (Å²) in [5.74, 6) is 1.62. The average molecular weight is 325 g/mol. The van der Waals surface area contributed by atoms with Crippen LogP contribution in [0.5, 0.6) is 5.75 Å². The van der Waals surface area contributed by atoms with Crippen LogP contribution in [-0.2, 0) is 6.54 Å². The van der Waals surface area contributed by atoms with Gasteiger partial charge in [0, 0.05) is 23.4 Å². The van der Waals surface area contributed by atoms with Crippen molar-refractivity contribution in [3.05, 3.63) is 41.6 Å². The number of nitrogens with zero attached hydrogens (tertiary/aromatic N) is 3. The van der Waals surface area contributed by atoms with Crippen molar-refractivity contribution in [3.8, 4) is 5.75 Å². The molecule has 0 radical (unpaired) electrons. The van der Waals surface area contributed by atoms with E-state index >= 15 is 0 Å². The molecule has 2 heterocycles. The molecule has 6 nitrogen and oxygen atoms in total. The number of allylic oxidation sites excluding steroid dienone is 2. The Hall–Kier alpha value is -2.18. The second-order valence-electron chi connectivity index (χ2n) is 6.87. The lowest BCUT2D eigenvalue weighted by Gasteiger charge is -2.29. The lowest BCUT2D eigenvalue weighted by molar-refractivity contribution is 0.288. The lowest BCUT2D eigenvalue weighted by atomic mass is 10.0.